The summed E-state index contributed by atoms with van der Waals surface area (Å²) in [4.78, 5) is 27.6. The Morgan fingerprint density at radius 3 is 2.92 bits per heavy atom. The second kappa shape index (κ2) is 6.60. The predicted octanol–water partition coefficient (Wildman–Crippen LogP) is 2.96. The quantitative estimate of drug-likeness (QED) is 0.725. The second-order valence-corrected chi connectivity index (χ2v) is 6.64. The van der Waals surface area contributed by atoms with E-state index >= 15 is 0 Å². The molecule has 0 N–H and O–H groups in total. The molecule has 4 rings (SSSR count). The fourth-order valence-corrected chi connectivity index (χ4v) is 3.59. The van der Waals surface area contributed by atoms with Crippen LogP contribution in [-0.4, -0.2) is 33.5 Å². The number of aromatic nitrogens is 3. The Balaban J connectivity index is 1.56. The maximum Gasteiger partial charge on any atom is 0.233 e. The standard InChI is InChI=1S/C18H16N4O2S/c1-12-10-24-15-6-3-2-5-14(15)22(12)16(23)9-13-11-25-18(21-13)17-19-7-4-8-20-17/h2-8,11-12H,9-10H2,1H3. The van der Waals surface area contributed by atoms with Crippen LogP contribution in [0.4, 0.5) is 5.69 Å². The van der Waals surface area contributed by atoms with E-state index < -0.39 is 0 Å². The van der Waals surface area contributed by atoms with Gasteiger partial charge in [0.1, 0.15) is 12.4 Å². The van der Waals surface area contributed by atoms with Gasteiger partial charge in [-0.1, -0.05) is 12.1 Å². The van der Waals surface area contributed by atoms with Crippen molar-refractivity contribution in [2.75, 3.05) is 11.5 Å². The van der Waals surface area contributed by atoms with E-state index in [2.05, 4.69) is 15.0 Å². The molecule has 0 saturated heterocycles. The van der Waals surface area contributed by atoms with Gasteiger partial charge < -0.3 is 9.64 Å². The van der Waals surface area contributed by atoms with Gasteiger partial charge in [-0.2, -0.15) is 0 Å². The number of benzene rings is 1. The van der Waals surface area contributed by atoms with E-state index in [9.17, 15) is 4.79 Å². The number of hydrogen-bond donors (Lipinski definition) is 0. The molecule has 0 fully saturated rings. The highest BCUT2D eigenvalue weighted by molar-refractivity contribution is 7.13. The van der Waals surface area contributed by atoms with Gasteiger partial charge in [-0.05, 0) is 25.1 Å². The number of nitrogens with zero attached hydrogens (tertiary/aromatic N) is 4. The van der Waals surface area contributed by atoms with Crippen LogP contribution in [0.2, 0.25) is 0 Å². The normalized spacial score (nSPS) is 16.2. The first-order chi connectivity index (χ1) is 12.2. The van der Waals surface area contributed by atoms with Crippen molar-refractivity contribution in [3.63, 3.8) is 0 Å². The summed E-state index contributed by atoms with van der Waals surface area (Å²) in [5.74, 6) is 1.33. The number of fused-ring (bicyclic) bond motifs is 1. The Labute approximate surface area is 149 Å². The van der Waals surface area contributed by atoms with E-state index in [4.69, 9.17) is 4.74 Å². The Hall–Kier alpha value is -2.80. The third kappa shape index (κ3) is 3.10. The summed E-state index contributed by atoms with van der Waals surface area (Å²) in [6.45, 7) is 2.47. The van der Waals surface area contributed by atoms with E-state index in [1.54, 1.807) is 23.4 Å². The molecule has 1 atom stereocenters. The molecule has 0 aliphatic carbocycles. The van der Waals surface area contributed by atoms with Crippen LogP contribution in [0.25, 0.3) is 10.8 Å². The molecular weight excluding hydrogens is 336 g/mol. The van der Waals surface area contributed by atoms with Crippen LogP contribution in [0.1, 0.15) is 12.6 Å². The minimum Gasteiger partial charge on any atom is -0.489 e. The van der Waals surface area contributed by atoms with E-state index in [0.717, 1.165) is 22.1 Å². The fraction of sp³-hybridized carbons (Fsp3) is 0.222. The Morgan fingerprint density at radius 2 is 2.08 bits per heavy atom. The molecule has 1 unspecified atom stereocenters. The Morgan fingerprint density at radius 1 is 1.28 bits per heavy atom. The van der Waals surface area contributed by atoms with Crippen molar-refractivity contribution in [1.82, 2.24) is 15.0 Å². The molecular formula is C18H16N4O2S. The summed E-state index contributed by atoms with van der Waals surface area (Å²) in [7, 11) is 0. The van der Waals surface area contributed by atoms with Crippen molar-refractivity contribution in [3.05, 3.63) is 53.8 Å². The van der Waals surface area contributed by atoms with Crippen LogP contribution < -0.4 is 9.64 Å². The van der Waals surface area contributed by atoms with Gasteiger partial charge in [0, 0.05) is 17.8 Å². The topological polar surface area (TPSA) is 68.2 Å². The summed E-state index contributed by atoms with van der Waals surface area (Å²) >= 11 is 1.45. The Kier molecular flexibility index (Phi) is 4.15. The molecule has 0 radical (unpaired) electrons. The highest BCUT2D eigenvalue weighted by Gasteiger charge is 2.29. The van der Waals surface area contributed by atoms with Gasteiger partial charge in [-0.3, -0.25) is 4.79 Å². The van der Waals surface area contributed by atoms with Crippen molar-refractivity contribution in [2.24, 2.45) is 0 Å². The first kappa shape index (κ1) is 15.7. The molecule has 0 bridgehead atoms. The zero-order chi connectivity index (χ0) is 17.2. The third-order valence-corrected chi connectivity index (χ3v) is 4.84. The van der Waals surface area contributed by atoms with Gasteiger partial charge in [-0.25, -0.2) is 15.0 Å². The van der Waals surface area contributed by atoms with Crippen LogP contribution in [0, 0.1) is 0 Å². The average molecular weight is 352 g/mol. The number of amides is 1. The lowest BCUT2D eigenvalue weighted by Gasteiger charge is -2.35. The first-order valence-electron chi connectivity index (χ1n) is 7.98. The minimum absolute atomic E-state index is 0.00841. The van der Waals surface area contributed by atoms with Crippen LogP contribution in [-0.2, 0) is 11.2 Å². The summed E-state index contributed by atoms with van der Waals surface area (Å²) in [6.07, 6.45) is 3.60. The number of carbonyl (C=O) groups is 1. The number of carbonyl (C=O) groups excluding carboxylic acids is 1. The van der Waals surface area contributed by atoms with E-state index in [1.165, 1.54) is 11.3 Å². The van der Waals surface area contributed by atoms with Crippen molar-refractivity contribution >= 4 is 22.9 Å². The average Bonchev–Trinajstić information content (AvgIpc) is 3.10. The van der Waals surface area contributed by atoms with Gasteiger partial charge in [0.2, 0.25) is 5.91 Å². The van der Waals surface area contributed by atoms with E-state index in [-0.39, 0.29) is 18.4 Å². The lowest BCUT2D eigenvalue weighted by molar-refractivity contribution is -0.118. The van der Waals surface area contributed by atoms with Gasteiger partial charge in [-0.15, -0.1) is 11.3 Å². The number of anilines is 1. The molecule has 0 spiro atoms. The first-order valence-corrected chi connectivity index (χ1v) is 8.86. The van der Waals surface area contributed by atoms with E-state index in [0.29, 0.717) is 12.4 Å². The fourth-order valence-electron chi connectivity index (χ4n) is 2.82. The molecule has 1 amide bonds. The molecule has 25 heavy (non-hydrogen) atoms. The number of ether oxygens (including phenoxy) is 1. The summed E-state index contributed by atoms with van der Waals surface area (Å²) in [5, 5.41) is 2.61. The van der Waals surface area contributed by atoms with Crippen LogP contribution in [0.15, 0.2) is 48.1 Å². The van der Waals surface area contributed by atoms with Crippen molar-refractivity contribution in [1.29, 1.82) is 0 Å². The number of para-hydroxylation sites is 2. The van der Waals surface area contributed by atoms with Crippen molar-refractivity contribution in [2.45, 2.75) is 19.4 Å². The maximum absolute atomic E-state index is 12.9. The molecule has 7 heteroatoms. The second-order valence-electron chi connectivity index (χ2n) is 5.78. The lowest BCUT2D eigenvalue weighted by Crippen LogP contribution is -2.45. The molecule has 2 aromatic heterocycles. The number of thiazole rings is 1. The van der Waals surface area contributed by atoms with Gasteiger partial charge in [0.15, 0.2) is 10.8 Å². The highest BCUT2D eigenvalue weighted by Crippen LogP contribution is 2.34. The summed E-state index contributed by atoms with van der Waals surface area (Å²) in [5.41, 5.74) is 1.54. The maximum atomic E-state index is 12.9. The van der Waals surface area contributed by atoms with Crippen molar-refractivity contribution < 1.29 is 9.53 Å². The largest absolute Gasteiger partial charge is 0.489 e. The monoisotopic (exact) mass is 352 g/mol. The number of hydrogen-bond acceptors (Lipinski definition) is 6. The smallest absolute Gasteiger partial charge is 0.233 e. The molecule has 0 saturated carbocycles. The van der Waals surface area contributed by atoms with Crippen LogP contribution >= 0.6 is 11.3 Å². The highest BCUT2D eigenvalue weighted by atomic mass is 32.1. The van der Waals surface area contributed by atoms with Gasteiger partial charge in [0.05, 0.1) is 23.8 Å². The molecule has 6 nitrogen and oxygen atoms in total. The SMILES string of the molecule is CC1COc2ccccc2N1C(=O)Cc1csc(-c2ncccn2)n1. The summed E-state index contributed by atoms with van der Waals surface area (Å²) < 4.78 is 5.70. The molecule has 1 aliphatic heterocycles. The zero-order valence-electron chi connectivity index (χ0n) is 13.6. The lowest BCUT2D eigenvalue weighted by atomic mass is 10.1. The van der Waals surface area contributed by atoms with E-state index in [1.807, 2.05) is 36.6 Å². The molecule has 3 aromatic rings. The molecule has 1 aliphatic rings. The van der Waals surface area contributed by atoms with Gasteiger partial charge in [0.25, 0.3) is 0 Å². The third-order valence-electron chi connectivity index (χ3n) is 3.96. The molecule has 126 valence electrons. The molecule has 1 aromatic carbocycles. The minimum atomic E-state index is -0.0158. The van der Waals surface area contributed by atoms with Gasteiger partial charge >= 0.3 is 0 Å². The molecule has 3 heterocycles. The zero-order valence-corrected chi connectivity index (χ0v) is 14.4. The predicted molar refractivity (Wildman–Crippen MR) is 95.7 cm³/mol. The summed E-state index contributed by atoms with van der Waals surface area (Å²) in [6, 6.07) is 9.36. The van der Waals surface area contributed by atoms with Crippen LogP contribution in [0.5, 0.6) is 5.75 Å². The van der Waals surface area contributed by atoms with Crippen LogP contribution in [0.3, 0.4) is 0 Å². The van der Waals surface area contributed by atoms with Crippen molar-refractivity contribution in [3.8, 4) is 16.6 Å². The number of rotatable bonds is 3. The Bertz CT molecular complexity index is 897.